The Hall–Kier alpha value is -2.22. The summed E-state index contributed by atoms with van der Waals surface area (Å²) in [5.74, 6) is -2.62. The van der Waals surface area contributed by atoms with E-state index in [0.29, 0.717) is 24.8 Å². The number of aliphatic hydroxyl groups excluding tert-OH is 1. The smallest absolute Gasteiger partial charge is 0.302 e. The van der Waals surface area contributed by atoms with Gasteiger partial charge in [0.2, 0.25) is 0 Å². The summed E-state index contributed by atoms with van der Waals surface area (Å²) in [7, 11) is 0. The van der Waals surface area contributed by atoms with Crippen LogP contribution in [0.5, 0.6) is 0 Å². The van der Waals surface area contributed by atoms with Gasteiger partial charge in [-0.3, -0.25) is 19.2 Å². The molecule has 9 atom stereocenters. The first-order chi connectivity index (χ1) is 15.7. The van der Waals surface area contributed by atoms with Crippen molar-refractivity contribution in [3.63, 3.8) is 0 Å². The summed E-state index contributed by atoms with van der Waals surface area (Å²) in [6.07, 6.45) is -1.35. The number of ether oxygens (including phenoxy) is 3. The molecule has 0 aromatic heterocycles. The van der Waals surface area contributed by atoms with Gasteiger partial charge in [-0.2, -0.15) is 0 Å². The molecule has 1 N–H and O–H groups in total. The molecule has 0 heterocycles. The molecule has 8 nitrogen and oxygen atoms in total. The summed E-state index contributed by atoms with van der Waals surface area (Å²) in [5.41, 5.74) is -2.23. The van der Waals surface area contributed by atoms with E-state index in [0.717, 1.165) is 0 Å². The molecule has 0 radical (unpaired) electrons. The highest BCUT2D eigenvalue weighted by molar-refractivity contribution is 6.04. The first-order valence-corrected chi connectivity index (χ1v) is 12.1. The fourth-order valence-electron chi connectivity index (χ4n) is 8.34. The topological polar surface area (TPSA) is 116 Å². The lowest BCUT2D eigenvalue weighted by Crippen LogP contribution is -2.72. The number of ketones is 1. The average molecular weight is 477 g/mol. The highest BCUT2D eigenvalue weighted by Gasteiger charge is 2.77. The van der Waals surface area contributed by atoms with Crippen LogP contribution in [0.3, 0.4) is 0 Å². The Bertz CT molecular complexity index is 952. The van der Waals surface area contributed by atoms with Crippen molar-refractivity contribution in [2.45, 2.75) is 91.6 Å². The van der Waals surface area contributed by atoms with Crippen LogP contribution in [-0.4, -0.2) is 53.2 Å². The van der Waals surface area contributed by atoms with Crippen LogP contribution in [0.2, 0.25) is 0 Å². The van der Waals surface area contributed by atoms with Gasteiger partial charge in [0.1, 0.15) is 23.7 Å². The van der Waals surface area contributed by atoms with E-state index in [1.165, 1.54) is 20.8 Å². The lowest BCUT2D eigenvalue weighted by Gasteiger charge is -2.67. The van der Waals surface area contributed by atoms with Crippen LogP contribution in [0.1, 0.15) is 67.2 Å². The van der Waals surface area contributed by atoms with E-state index in [4.69, 9.17) is 14.2 Å². The third-order valence-electron chi connectivity index (χ3n) is 9.58. The minimum Gasteiger partial charge on any atom is -0.462 e. The number of carbonyl (C=O) groups is 4. The van der Waals surface area contributed by atoms with E-state index in [-0.39, 0.29) is 24.0 Å². The first kappa shape index (κ1) is 24.9. The second-order valence-electron chi connectivity index (χ2n) is 11.5. The molecule has 4 aliphatic carbocycles. The number of fused-ring (bicyclic) bond motifs is 3. The third-order valence-corrected chi connectivity index (χ3v) is 9.58. The third kappa shape index (κ3) is 3.13. The largest absolute Gasteiger partial charge is 0.462 e. The fourth-order valence-corrected chi connectivity index (χ4v) is 8.34. The Morgan fingerprint density at radius 1 is 0.882 bits per heavy atom. The van der Waals surface area contributed by atoms with Crippen LogP contribution < -0.4 is 0 Å². The average Bonchev–Trinajstić information content (AvgIpc) is 2.82. The van der Waals surface area contributed by atoms with E-state index >= 15 is 0 Å². The molecule has 0 aliphatic heterocycles. The molecule has 188 valence electrons. The van der Waals surface area contributed by atoms with Crippen LogP contribution >= 0.6 is 0 Å². The lowest BCUT2D eigenvalue weighted by molar-refractivity contribution is -0.275. The monoisotopic (exact) mass is 476 g/mol. The summed E-state index contributed by atoms with van der Waals surface area (Å²) in [6.45, 7) is 14.1. The maximum atomic E-state index is 13.8. The van der Waals surface area contributed by atoms with Gasteiger partial charge in [0.05, 0.1) is 6.10 Å². The highest BCUT2D eigenvalue weighted by Crippen LogP contribution is 2.72. The van der Waals surface area contributed by atoms with Gasteiger partial charge in [0, 0.05) is 43.9 Å². The van der Waals surface area contributed by atoms with Crippen molar-refractivity contribution >= 4 is 23.7 Å². The van der Waals surface area contributed by atoms with Gasteiger partial charge in [-0.1, -0.05) is 27.4 Å². The Labute approximate surface area is 200 Å². The molecule has 9 unspecified atom stereocenters. The molecule has 4 aliphatic rings. The highest BCUT2D eigenvalue weighted by atomic mass is 16.6. The number of rotatable bonds is 3. The van der Waals surface area contributed by atoms with Gasteiger partial charge in [-0.25, -0.2) is 0 Å². The van der Waals surface area contributed by atoms with Crippen molar-refractivity contribution in [2.24, 2.45) is 34.0 Å². The van der Waals surface area contributed by atoms with Crippen molar-refractivity contribution in [1.29, 1.82) is 0 Å². The summed E-state index contributed by atoms with van der Waals surface area (Å²) >= 11 is 0. The molecule has 4 fully saturated rings. The van der Waals surface area contributed by atoms with Crippen LogP contribution in [-0.2, 0) is 33.4 Å². The number of hydrogen-bond donors (Lipinski definition) is 1. The van der Waals surface area contributed by atoms with E-state index in [2.05, 4.69) is 6.58 Å². The summed E-state index contributed by atoms with van der Waals surface area (Å²) in [5, 5.41) is 11.7. The van der Waals surface area contributed by atoms with Crippen LogP contribution in [0, 0.1) is 34.0 Å². The Morgan fingerprint density at radius 3 is 2.00 bits per heavy atom. The molecule has 0 aromatic rings. The molecule has 0 saturated heterocycles. The van der Waals surface area contributed by atoms with E-state index in [9.17, 15) is 24.3 Å². The summed E-state index contributed by atoms with van der Waals surface area (Å²) in [6, 6.07) is 0. The Kier molecular flexibility index (Phi) is 5.78. The SMILES string of the molecule is C=C1C(=O)C23C(O)CC4C(C)(C)C(OC(C)=O)CC(OC(C)=O)C4(C)C2CCC1C3OC(C)=O. The fraction of sp³-hybridized carbons (Fsp3) is 0.769. The lowest BCUT2D eigenvalue weighted by atomic mass is 9.38. The zero-order chi connectivity index (χ0) is 25.4. The standard InChI is InChI=1S/C26H36O8/c1-12-16-8-9-17-25(7)18(10-19(30)26(17,22(12)31)23(16)34-15(4)29)24(5,6)20(32-13(2)27)11-21(25)33-14(3)28/h16-21,23,30H,1,8-11H2,2-7H3. The number of esters is 3. The molecule has 8 heteroatoms. The van der Waals surface area contributed by atoms with Gasteiger partial charge in [0.25, 0.3) is 0 Å². The van der Waals surface area contributed by atoms with Crippen molar-refractivity contribution in [1.82, 2.24) is 0 Å². The van der Waals surface area contributed by atoms with Gasteiger partial charge in [-0.05, 0) is 36.7 Å². The molecule has 34 heavy (non-hydrogen) atoms. The van der Waals surface area contributed by atoms with Crippen LogP contribution in [0.4, 0.5) is 0 Å². The Balaban J connectivity index is 1.90. The van der Waals surface area contributed by atoms with Gasteiger partial charge < -0.3 is 19.3 Å². The van der Waals surface area contributed by atoms with Crippen molar-refractivity contribution in [3.05, 3.63) is 12.2 Å². The maximum absolute atomic E-state index is 13.8. The van der Waals surface area contributed by atoms with Gasteiger partial charge >= 0.3 is 17.9 Å². The van der Waals surface area contributed by atoms with Crippen LogP contribution in [0.15, 0.2) is 12.2 Å². The van der Waals surface area contributed by atoms with Crippen LogP contribution in [0.25, 0.3) is 0 Å². The molecule has 4 rings (SSSR count). The van der Waals surface area contributed by atoms with Gasteiger partial charge in [0.15, 0.2) is 5.78 Å². The quantitative estimate of drug-likeness (QED) is 0.376. The number of carbonyl (C=O) groups excluding carboxylic acids is 4. The van der Waals surface area contributed by atoms with E-state index in [1.807, 2.05) is 20.8 Å². The molecule has 4 saturated carbocycles. The second kappa shape index (κ2) is 7.90. The number of hydrogen-bond acceptors (Lipinski definition) is 8. The zero-order valence-corrected chi connectivity index (χ0v) is 20.9. The first-order valence-electron chi connectivity index (χ1n) is 12.1. The maximum Gasteiger partial charge on any atom is 0.302 e. The summed E-state index contributed by atoms with van der Waals surface area (Å²) in [4.78, 5) is 50.0. The Morgan fingerprint density at radius 2 is 1.44 bits per heavy atom. The molecule has 2 bridgehead atoms. The normalized spacial score (nSPS) is 44.5. The van der Waals surface area contributed by atoms with Crippen molar-refractivity contribution < 1.29 is 38.5 Å². The predicted octanol–water partition coefficient (Wildman–Crippen LogP) is 2.75. The summed E-state index contributed by atoms with van der Waals surface area (Å²) < 4.78 is 17.3. The van der Waals surface area contributed by atoms with Crippen molar-refractivity contribution in [3.8, 4) is 0 Å². The number of aliphatic hydroxyl groups is 1. The minimum absolute atomic E-state index is 0.221. The predicted molar refractivity (Wildman–Crippen MR) is 120 cm³/mol. The molecular formula is C26H36O8. The molecule has 0 amide bonds. The molecular weight excluding hydrogens is 440 g/mol. The minimum atomic E-state index is -1.33. The molecule has 0 aromatic carbocycles. The number of Topliss-reactive ketones (excluding diaryl/α,β-unsaturated/α-hetero) is 1. The second-order valence-corrected chi connectivity index (χ2v) is 11.5. The van der Waals surface area contributed by atoms with Gasteiger partial charge in [-0.15, -0.1) is 0 Å². The van der Waals surface area contributed by atoms with E-state index < -0.39 is 64.5 Å². The zero-order valence-electron chi connectivity index (χ0n) is 20.9. The van der Waals surface area contributed by atoms with Crippen molar-refractivity contribution in [2.75, 3.05) is 0 Å². The van der Waals surface area contributed by atoms with E-state index in [1.54, 1.807) is 0 Å². The molecule has 1 spiro atoms.